The molecule has 1 heterocycles. The Morgan fingerprint density at radius 1 is 1.43 bits per heavy atom. The third-order valence-electron chi connectivity index (χ3n) is 2.97. The van der Waals surface area contributed by atoms with Crippen LogP contribution in [0.25, 0.3) is 0 Å². The van der Waals surface area contributed by atoms with Gasteiger partial charge in [-0.2, -0.15) is 5.26 Å². The number of nitriles is 1. The van der Waals surface area contributed by atoms with Gasteiger partial charge >= 0.3 is 6.03 Å². The quantitative estimate of drug-likeness (QED) is 0.937. The van der Waals surface area contributed by atoms with Gasteiger partial charge in [0.2, 0.25) is 0 Å². The number of aromatic nitrogens is 1. The van der Waals surface area contributed by atoms with Crippen LogP contribution in [0.2, 0.25) is 0 Å². The van der Waals surface area contributed by atoms with E-state index in [0.29, 0.717) is 23.2 Å². The molecule has 2 N–H and O–H groups in total. The highest BCUT2D eigenvalue weighted by Crippen LogP contribution is 2.32. The van der Waals surface area contributed by atoms with E-state index >= 15 is 0 Å². The fourth-order valence-corrected chi connectivity index (χ4v) is 2.78. The number of amides is 2. The Hall–Kier alpha value is -2.39. The Balaban J connectivity index is 2.34. The molecule has 2 rings (SSSR count). The maximum absolute atomic E-state index is 11.8. The van der Waals surface area contributed by atoms with Crippen LogP contribution in [0.3, 0.4) is 0 Å². The van der Waals surface area contributed by atoms with Crippen LogP contribution in [0.1, 0.15) is 30.2 Å². The molecule has 1 aromatic heterocycles. The van der Waals surface area contributed by atoms with Gasteiger partial charge in [-0.25, -0.2) is 14.7 Å². The van der Waals surface area contributed by atoms with Crippen molar-refractivity contribution in [3.8, 4) is 6.07 Å². The number of nitrogens with two attached hydrogens (primary N) is 1. The number of rotatable bonds is 4. The lowest BCUT2D eigenvalue weighted by atomic mass is 10.1. The minimum atomic E-state index is -0.576. The van der Waals surface area contributed by atoms with Crippen molar-refractivity contribution in [2.45, 2.75) is 26.2 Å². The van der Waals surface area contributed by atoms with E-state index < -0.39 is 6.03 Å². The number of urea groups is 1. The first kappa shape index (κ1) is 15.0. The van der Waals surface area contributed by atoms with Crippen molar-refractivity contribution < 1.29 is 4.79 Å². The summed E-state index contributed by atoms with van der Waals surface area (Å²) >= 11 is 1.45. The zero-order chi connectivity index (χ0) is 15.4. The number of anilines is 2. The number of benzene rings is 1. The first-order chi connectivity index (χ1) is 10.0. The lowest BCUT2D eigenvalue weighted by molar-refractivity contribution is 0.256. The van der Waals surface area contributed by atoms with E-state index in [2.05, 4.69) is 24.9 Å². The number of thiazole rings is 1. The van der Waals surface area contributed by atoms with E-state index in [1.807, 2.05) is 12.1 Å². The number of carbonyl (C=O) groups excluding carboxylic acids is 1. The second kappa shape index (κ2) is 6.37. The maximum atomic E-state index is 11.8. The van der Waals surface area contributed by atoms with Crippen molar-refractivity contribution in [2.75, 3.05) is 4.90 Å². The summed E-state index contributed by atoms with van der Waals surface area (Å²) in [5, 5.41) is 9.23. The zero-order valence-electron chi connectivity index (χ0n) is 11.9. The Bertz CT molecular complexity index is 670. The first-order valence-electron chi connectivity index (χ1n) is 6.54. The summed E-state index contributed by atoms with van der Waals surface area (Å²) in [7, 11) is 0. The molecule has 21 heavy (non-hydrogen) atoms. The molecule has 0 atom stereocenters. The lowest BCUT2D eigenvalue weighted by Gasteiger charge is -2.17. The van der Waals surface area contributed by atoms with Gasteiger partial charge < -0.3 is 5.73 Å². The second-order valence-electron chi connectivity index (χ2n) is 4.87. The van der Waals surface area contributed by atoms with Gasteiger partial charge in [-0.3, -0.25) is 0 Å². The minimum absolute atomic E-state index is 0.339. The second-order valence-corrected chi connectivity index (χ2v) is 5.92. The molecule has 6 heteroatoms. The summed E-state index contributed by atoms with van der Waals surface area (Å²) in [5.74, 6) is 0.351. The van der Waals surface area contributed by atoms with Crippen molar-refractivity contribution in [3.05, 3.63) is 40.9 Å². The van der Waals surface area contributed by atoms with Crippen LogP contribution in [0.5, 0.6) is 0 Å². The van der Waals surface area contributed by atoms with Gasteiger partial charge in [-0.05, 0) is 23.6 Å². The minimum Gasteiger partial charge on any atom is -0.351 e. The Labute approximate surface area is 127 Å². The summed E-state index contributed by atoms with van der Waals surface area (Å²) in [6, 6.07) is 8.68. The van der Waals surface area contributed by atoms with Crippen molar-refractivity contribution in [1.29, 1.82) is 5.26 Å². The number of carbonyl (C=O) groups is 1. The number of primary amides is 1. The number of hydrogen-bond donors (Lipinski definition) is 1. The SMILES string of the molecule is CC(C)c1cnc(N(C(N)=O)c2ccc(CC#N)cc2)s1. The van der Waals surface area contributed by atoms with Gasteiger partial charge in [-0.15, -0.1) is 11.3 Å². The van der Waals surface area contributed by atoms with Gasteiger partial charge in [0.1, 0.15) is 0 Å². The average molecular weight is 300 g/mol. The first-order valence-corrected chi connectivity index (χ1v) is 7.35. The van der Waals surface area contributed by atoms with Crippen LogP contribution in [0, 0.1) is 11.3 Å². The van der Waals surface area contributed by atoms with Crippen LogP contribution in [0.4, 0.5) is 15.6 Å². The Morgan fingerprint density at radius 2 is 2.10 bits per heavy atom. The molecule has 0 saturated carbocycles. The Kier molecular flexibility index (Phi) is 4.55. The standard InChI is InChI=1S/C15H16N4OS/c1-10(2)13-9-18-15(21-13)19(14(17)20)12-5-3-11(4-6-12)7-8-16/h3-6,9-10H,7H2,1-2H3,(H2,17,20). The molecule has 108 valence electrons. The molecule has 0 radical (unpaired) electrons. The summed E-state index contributed by atoms with van der Waals surface area (Å²) in [6.07, 6.45) is 2.11. The molecule has 0 unspecified atom stereocenters. The highest BCUT2D eigenvalue weighted by molar-refractivity contribution is 7.15. The molecule has 0 aliphatic carbocycles. The van der Waals surface area contributed by atoms with E-state index in [-0.39, 0.29) is 0 Å². The molecule has 0 aliphatic rings. The summed E-state index contributed by atoms with van der Waals surface area (Å²) in [4.78, 5) is 18.5. The van der Waals surface area contributed by atoms with Gasteiger partial charge in [0.15, 0.2) is 5.13 Å². The number of hydrogen-bond acceptors (Lipinski definition) is 4. The highest BCUT2D eigenvalue weighted by Gasteiger charge is 2.19. The van der Waals surface area contributed by atoms with Gasteiger partial charge in [0.25, 0.3) is 0 Å². The predicted octanol–water partition coefficient (Wildman–Crippen LogP) is 3.55. The average Bonchev–Trinajstić information content (AvgIpc) is 2.90. The third kappa shape index (κ3) is 3.38. The van der Waals surface area contributed by atoms with Gasteiger partial charge in [0, 0.05) is 11.1 Å². The fourth-order valence-electron chi connectivity index (χ4n) is 1.83. The molecular formula is C15H16N4OS. The van der Waals surface area contributed by atoms with E-state index in [9.17, 15) is 4.79 Å². The van der Waals surface area contributed by atoms with Gasteiger partial charge in [-0.1, -0.05) is 26.0 Å². The zero-order valence-corrected chi connectivity index (χ0v) is 12.7. The molecule has 0 bridgehead atoms. The van der Waals surface area contributed by atoms with Crippen molar-refractivity contribution in [1.82, 2.24) is 4.98 Å². The lowest BCUT2D eigenvalue weighted by Crippen LogP contribution is -2.31. The predicted molar refractivity (Wildman–Crippen MR) is 83.7 cm³/mol. The van der Waals surface area contributed by atoms with Crippen LogP contribution in [-0.2, 0) is 6.42 Å². The van der Waals surface area contributed by atoms with Crippen LogP contribution in [-0.4, -0.2) is 11.0 Å². The molecule has 2 aromatic rings. The maximum Gasteiger partial charge on any atom is 0.325 e. The third-order valence-corrected chi connectivity index (χ3v) is 4.25. The van der Waals surface area contributed by atoms with E-state index in [1.54, 1.807) is 18.3 Å². The highest BCUT2D eigenvalue weighted by atomic mass is 32.1. The molecule has 5 nitrogen and oxygen atoms in total. The smallest absolute Gasteiger partial charge is 0.325 e. The summed E-state index contributed by atoms with van der Waals surface area (Å²) in [5.41, 5.74) is 7.03. The molecule has 0 saturated heterocycles. The topological polar surface area (TPSA) is 83.0 Å². The molecule has 0 fully saturated rings. The fraction of sp³-hybridized carbons (Fsp3) is 0.267. The molecule has 0 aliphatic heterocycles. The number of nitrogens with zero attached hydrogens (tertiary/aromatic N) is 3. The van der Waals surface area contributed by atoms with Crippen LogP contribution < -0.4 is 10.6 Å². The van der Waals surface area contributed by atoms with Crippen molar-refractivity contribution >= 4 is 28.2 Å². The van der Waals surface area contributed by atoms with E-state index in [1.165, 1.54) is 16.2 Å². The van der Waals surface area contributed by atoms with E-state index in [0.717, 1.165) is 10.4 Å². The molecule has 1 aromatic carbocycles. The van der Waals surface area contributed by atoms with Crippen LogP contribution in [0.15, 0.2) is 30.5 Å². The molecular weight excluding hydrogens is 284 g/mol. The van der Waals surface area contributed by atoms with E-state index in [4.69, 9.17) is 11.0 Å². The van der Waals surface area contributed by atoms with Gasteiger partial charge in [0.05, 0.1) is 18.2 Å². The monoisotopic (exact) mass is 300 g/mol. The summed E-state index contributed by atoms with van der Waals surface area (Å²) < 4.78 is 0. The largest absolute Gasteiger partial charge is 0.351 e. The Morgan fingerprint density at radius 3 is 2.57 bits per heavy atom. The molecule has 0 spiro atoms. The van der Waals surface area contributed by atoms with Crippen LogP contribution >= 0.6 is 11.3 Å². The van der Waals surface area contributed by atoms with Crippen molar-refractivity contribution in [2.24, 2.45) is 5.73 Å². The van der Waals surface area contributed by atoms with Crippen molar-refractivity contribution in [3.63, 3.8) is 0 Å². The molecule has 2 amide bonds. The normalized spacial score (nSPS) is 10.4. The summed E-state index contributed by atoms with van der Waals surface area (Å²) in [6.45, 7) is 4.14.